The molecular formula is C19H24O4S. The maximum absolute atomic E-state index is 13.4. The van der Waals surface area contributed by atoms with E-state index in [1.165, 1.54) is 6.07 Å². The van der Waals surface area contributed by atoms with Crippen LogP contribution in [0.5, 0.6) is 11.5 Å². The van der Waals surface area contributed by atoms with E-state index in [2.05, 4.69) is 0 Å². The fraction of sp³-hybridized carbons (Fsp3) is 0.368. The topological polar surface area (TPSA) is 74.6 Å². The van der Waals surface area contributed by atoms with Crippen molar-refractivity contribution in [3.8, 4) is 11.5 Å². The average Bonchev–Trinajstić information content (AvgIpc) is 2.48. The van der Waals surface area contributed by atoms with E-state index < -0.39 is 9.84 Å². The van der Waals surface area contributed by atoms with E-state index in [0.29, 0.717) is 38.9 Å². The van der Waals surface area contributed by atoms with Crippen molar-refractivity contribution in [2.75, 3.05) is 0 Å². The van der Waals surface area contributed by atoms with Gasteiger partial charge in [0.1, 0.15) is 11.5 Å². The molecule has 0 amide bonds. The summed E-state index contributed by atoms with van der Waals surface area (Å²) in [4.78, 5) is 0.472. The van der Waals surface area contributed by atoms with Gasteiger partial charge in [-0.2, -0.15) is 0 Å². The zero-order chi connectivity index (χ0) is 18.6. The van der Waals surface area contributed by atoms with Crippen molar-refractivity contribution in [3.05, 3.63) is 45.0 Å². The van der Waals surface area contributed by atoms with Crippen molar-refractivity contribution >= 4 is 9.84 Å². The lowest BCUT2D eigenvalue weighted by Crippen LogP contribution is -2.12. The summed E-state index contributed by atoms with van der Waals surface area (Å²) in [6, 6.07) is 1.49. The van der Waals surface area contributed by atoms with Gasteiger partial charge in [-0.05, 0) is 93.5 Å². The normalized spacial score (nSPS) is 11.8. The summed E-state index contributed by atoms with van der Waals surface area (Å²) in [5.41, 5.74) is 3.87. The minimum Gasteiger partial charge on any atom is -0.508 e. The Kier molecular flexibility index (Phi) is 4.44. The monoisotopic (exact) mass is 348 g/mol. The second-order valence-corrected chi connectivity index (χ2v) is 8.30. The molecule has 0 aromatic heterocycles. The highest BCUT2D eigenvalue weighted by molar-refractivity contribution is 7.91. The van der Waals surface area contributed by atoms with Gasteiger partial charge in [0, 0.05) is 0 Å². The van der Waals surface area contributed by atoms with Crippen LogP contribution in [0.15, 0.2) is 15.9 Å². The van der Waals surface area contributed by atoms with E-state index in [-0.39, 0.29) is 21.3 Å². The fourth-order valence-corrected chi connectivity index (χ4v) is 5.57. The van der Waals surface area contributed by atoms with Gasteiger partial charge in [0.15, 0.2) is 0 Å². The van der Waals surface area contributed by atoms with Crippen LogP contribution in [0, 0.1) is 48.5 Å². The van der Waals surface area contributed by atoms with Gasteiger partial charge in [0.2, 0.25) is 9.84 Å². The number of hydrogen-bond donors (Lipinski definition) is 2. The first-order valence-electron chi connectivity index (χ1n) is 7.77. The van der Waals surface area contributed by atoms with Crippen LogP contribution in [0.25, 0.3) is 0 Å². The summed E-state index contributed by atoms with van der Waals surface area (Å²) in [6.45, 7) is 12.0. The Bertz CT molecular complexity index is 925. The van der Waals surface area contributed by atoms with Crippen LogP contribution in [0.2, 0.25) is 0 Å². The predicted octanol–water partition coefficient (Wildman–Crippen LogP) is 4.09. The molecule has 0 heterocycles. The highest BCUT2D eigenvalue weighted by Crippen LogP contribution is 2.39. The van der Waals surface area contributed by atoms with E-state index >= 15 is 0 Å². The first-order valence-corrected chi connectivity index (χ1v) is 9.25. The minimum absolute atomic E-state index is 0.0930. The zero-order valence-corrected chi connectivity index (χ0v) is 16.0. The van der Waals surface area contributed by atoms with Crippen molar-refractivity contribution in [3.63, 3.8) is 0 Å². The van der Waals surface area contributed by atoms with Crippen molar-refractivity contribution in [2.24, 2.45) is 0 Å². The SMILES string of the molecule is Cc1cc(O)c(C)c(C)c1S(=O)(=O)c1c(C)c(C)c(O)c(C)c1C. The number of rotatable bonds is 2. The molecule has 0 atom stereocenters. The Morgan fingerprint density at radius 2 is 1.08 bits per heavy atom. The lowest BCUT2D eigenvalue weighted by atomic mass is 10.00. The van der Waals surface area contributed by atoms with E-state index in [0.717, 1.165) is 0 Å². The lowest BCUT2D eigenvalue weighted by Gasteiger charge is -2.20. The van der Waals surface area contributed by atoms with Gasteiger partial charge >= 0.3 is 0 Å². The molecule has 5 heteroatoms. The van der Waals surface area contributed by atoms with Gasteiger partial charge in [0.05, 0.1) is 9.79 Å². The quantitative estimate of drug-likeness (QED) is 0.857. The number of benzene rings is 2. The standard InChI is InChI=1S/C19H24O4S/c1-9-8-16(20)10(2)13(5)18(9)24(22,23)19-14(6)11(3)17(21)12(4)15(19)7/h8,20-21H,1-7H3. The minimum atomic E-state index is -3.78. The van der Waals surface area contributed by atoms with Crippen molar-refractivity contribution in [1.82, 2.24) is 0 Å². The number of hydrogen-bond acceptors (Lipinski definition) is 4. The van der Waals surface area contributed by atoms with Crippen LogP contribution in [-0.4, -0.2) is 18.6 Å². The third-order valence-corrected chi connectivity index (χ3v) is 7.37. The van der Waals surface area contributed by atoms with Crippen molar-refractivity contribution in [2.45, 2.75) is 58.3 Å². The van der Waals surface area contributed by atoms with Gasteiger partial charge in [-0.1, -0.05) is 0 Å². The van der Waals surface area contributed by atoms with E-state index in [1.807, 2.05) is 0 Å². The predicted molar refractivity (Wildman–Crippen MR) is 94.8 cm³/mol. The molecule has 2 N–H and O–H groups in total. The Balaban J connectivity index is 2.97. The Labute approximate surface area is 143 Å². The zero-order valence-electron chi connectivity index (χ0n) is 15.2. The van der Waals surface area contributed by atoms with Gasteiger partial charge in [-0.25, -0.2) is 8.42 Å². The molecule has 2 rings (SSSR count). The summed E-state index contributed by atoms with van der Waals surface area (Å²) >= 11 is 0. The van der Waals surface area contributed by atoms with Crippen LogP contribution in [0.1, 0.15) is 38.9 Å². The molecule has 24 heavy (non-hydrogen) atoms. The van der Waals surface area contributed by atoms with E-state index in [1.54, 1.807) is 48.5 Å². The molecule has 2 aromatic rings. The number of aryl methyl sites for hydroxylation is 1. The summed E-state index contributed by atoms with van der Waals surface area (Å²) in [7, 11) is -3.78. The highest BCUT2D eigenvalue weighted by atomic mass is 32.2. The summed E-state index contributed by atoms with van der Waals surface area (Å²) in [5, 5.41) is 20.1. The number of phenols is 2. The number of aromatic hydroxyl groups is 2. The molecule has 0 saturated carbocycles. The molecule has 0 aliphatic rings. The average molecular weight is 348 g/mol. The molecule has 0 spiro atoms. The molecule has 0 radical (unpaired) electrons. The maximum Gasteiger partial charge on any atom is 0.207 e. The third kappa shape index (κ3) is 2.47. The molecule has 4 nitrogen and oxygen atoms in total. The fourth-order valence-electron chi connectivity index (χ4n) is 3.21. The second-order valence-electron chi connectivity index (χ2n) is 6.47. The summed E-state index contributed by atoms with van der Waals surface area (Å²) in [6.07, 6.45) is 0. The summed E-state index contributed by atoms with van der Waals surface area (Å²) < 4.78 is 26.9. The molecular weight excluding hydrogens is 324 g/mol. The molecule has 2 aromatic carbocycles. The Morgan fingerprint density at radius 1 is 0.667 bits per heavy atom. The molecule has 0 fully saturated rings. The first-order chi connectivity index (χ1) is 10.9. The van der Waals surface area contributed by atoms with Crippen molar-refractivity contribution < 1.29 is 18.6 Å². The Morgan fingerprint density at radius 3 is 1.54 bits per heavy atom. The van der Waals surface area contributed by atoms with Crippen LogP contribution in [0.4, 0.5) is 0 Å². The summed E-state index contributed by atoms with van der Waals surface area (Å²) in [5.74, 6) is 0.231. The molecule has 0 unspecified atom stereocenters. The lowest BCUT2D eigenvalue weighted by molar-refractivity contribution is 0.464. The van der Waals surface area contributed by atoms with Crippen LogP contribution in [0.3, 0.4) is 0 Å². The number of phenolic OH excluding ortho intramolecular Hbond substituents is 2. The Hall–Kier alpha value is -2.01. The van der Waals surface area contributed by atoms with Crippen molar-refractivity contribution in [1.29, 1.82) is 0 Å². The molecule has 0 bridgehead atoms. The largest absolute Gasteiger partial charge is 0.508 e. The smallest absolute Gasteiger partial charge is 0.207 e. The van der Waals surface area contributed by atoms with Gasteiger partial charge in [-0.3, -0.25) is 0 Å². The van der Waals surface area contributed by atoms with Gasteiger partial charge < -0.3 is 10.2 Å². The van der Waals surface area contributed by atoms with Crippen LogP contribution < -0.4 is 0 Å². The van der Waals surface area contributed by atoms with Gasteiger partial charge in [0.25, 0.3) is 0 Å². The van der Waals surface area contributed by atoms with Gasteiger partial charge in [-0.15, -0.1) is 0 Å². The van der Waals surface area contributed by atoms with E-state index in [9.17, 15) is 18.6 Å². The number of sulfone groups is 1. The molecule has 0 saturated heterocycles. The second kappa shape index (κ2) is 5.81. The third-order valence-electron chi connectivity index (χ3n) is 5.05. The van der Waals surface area contributed by atoms with E-state index in [4.69, 9.17) is 0 Å². The first kappa shape index (κ1) is 18.3. The highest BCUT2D eigenvalue weighted by Gasteiger charge is 2.30. The van der Waals surface area contributed by atoms with Crippen LogP contribution >= 0.6 is 0 Å². The molecule has 0 aliphatic carbocycles. The van der Waals surface area contributed by atoms with Crippen LogP contribution in [-0.2, 0) is 9.84 Å². The molecule has 130 valence electrons. The molecule has 0 aliphatic heterocycles. The maximum atomic E-state index is 13.4.